The van der Waals surface area contributed by atoms with Gasteiger partial charge in [-0.1, -0.05) is 27.5 Å². The summed E-state index contributed by atoms with van der Waals surface area (Å²) in [5.74, 6) is 0. The van der Waals surface area contributed by atoms with Crippen LogP contribution >= 0.6 is 27.5 Å². The van der Waals surface area contributed by atoms with Crippen LogP contribution in [0.3, 0.4) is 0 Å². The number of benzene rings is 1. The van der Waals surface area contributed by atoms with Crippen LogP contribution in [0.2, 0.25) is 5.02 Å². The fourth-order valence-electron chi connectivity index (χ4n) is 2.06. The lowest BCUT2D eigenvalue weighted by Crippen LogP contribution is -2.48. The van der Waals surface area contributed by atoms with Crippen molar-refractivity contribution in [3.63, 3.8) is 0 Å². The standard InChI is InChI=1S/C12H16BrClN2/c1-9-7-16(5-4-15-9)8-10-6-11(14)2-3-12(10)13/h2-3,6,9,15H,4-5,7-8H2,1H3. The lowest BCUT2D eigenvalue weighted by atomic mass is 10.1. The van der Waals surface area contributed by atoms with Gasteiger partial charge < -0.3 is 5.32 Å². The third kappa shape index (κ3) is 3.20. The molecule has 1 atom stereocenters. The van der Waals surface area contributed by atoms with Crippen LogP contribution in [0.4, 0.5) is 0 Å². The van der Waals surface area contributed by atoms with E-state index in [9.17, 15) is 0 Å². The maximum absolute atomic E-state index is 6.01. The second-order valence-electron chi connectivity index (χ2n) is 4.33. The average molecular weight is 304 g/mol. The van der Waals surface area contributed by atoms with Crippen LogP contribution < -0.4 is 5.32 Å². The van der Waals surface area contributed by atoms with Gasteiger partial charge in [-0.25, -0.2) is 0 Å². The Hall–Kier alpha value is -0.0900. The van der Waals surface area contributed by atoms with Gasteiger partial charge in [-0.05, 0) is 30.7 Å². The molecule has 0 aromatic heterocycles. The van der Waals surface area contributed by atoms with Gasteiger partial charge in [0.1, 0.15) is 0 Å². The monoisotopic (exact) mass is 302 g/mol. The first kappa shape index (κ1) is 12.4. The summed E-state index contributed by atoms with van der Waals surface area (Å²) in [4.78, 5) is 2.46. The van der Waals surface area contributed by atoms with E-state index in [1.54, 1.807) is 0 Å². The summed E-state index contributed by atoms with van der Waals surface area (Å²) < 4.78 is 1.14. The van der Waals surface area contributed by atoms with Crippen molar-refractivity contribution in [1.29, 1.82) is 0 Å². The van der Waals surface area contributed by atoms with Crippen molar-refractivity contribution < 1.29 is 0 Å². The minimum Gasteiger partial charge on any atom is -0.312 e. The molecule has 1 aliphatic rings. The van der Waals surface area contributed by atoms with Crippen molar-refractivity contribution in [3.05, 3.63) is 33.3 Å². The SMILES string of the molecule is CC1CN(Cc2cc(Cl)ccc2Br)CCN1. The van der Waals surface area contributed by atoms with Gasteiger partial charge in [0.15, 0.2) is 0 Å². The van der Waals surface area contributed by atoms with Crippen molar-refractivity contribution in [2.24, 2.45) is 0 Å². The second-order valence-corrected chi connectivity index (χ2v) is 5.62. The number of rotatable bonds is 2. The number of halogens is 2. The maximum atomic E-state index is 6.01. The van der Waals surface area contributed by atoms with Gasteiger partial charge in [0.05, 0.1) is 0 Å². The highest BCUT2D eigenvalue weighted by molar-refractivity contribution is 9.10. The van der Waals surface area contributed by atoms with Crippen LogP contribution in [0, 0.1) is 0 Å². The Kier molecular flexibility index (Phi) is 4.25. The average Bonchev–Trinajstić information content (AvgIpc) is 2.24. The van der Waals surface area contributed by atoms with Gasteiger partial charge in [-0.3, -0.25) is 4.90 Å². The van der Waals surface area contributed by atoms with Crippen molar-refractivity contribution in [3.8, 4) is 0 Å². The van der Waals surface area contributed by atoms with E-state index in [-0.39, 0.29) is 0 Å². The second kappa shape index (κ2) is 5.50. The van der Waals surface area contributed by atoms with Crippen LogP contribution in [0.25, 0.3) is 0 Å². The number of hydrogen-bond acceptors (Lipinski definition) is 2. The summed E-state index contributed by atoms with van der Waals surface area (Å²) >= 11 is 9.58. The lowest BCUT2D eigenvalue weighted by molar-refractivity contribution is 0.199. The number of piperazine rings is 1. The quantitative estimate of drug-likeness (QED) is 0.904. The van der Waals surface area contributed by atoms with Crippen molar-refractivity contribution in [1.82, 2.24) is 10.2 Å². The molecule has 88 valence electrons. The van der Waals surface area contributed by atoms with E-state index in [1.165, 1.54) is 5.56 Å². The van der Waals surface area contributed by atoms with E-state index in [0.29, 0.717) is 6.04 Å². The van der Waals surface area contributed by atoms with Crippen LogP contribution in [-0.4, -0.2) is 30.6 Å². The Labute approximate surface area is 110 Å². The molecule has 2 rings (SSSR count). The van der Waals surface area contributed by atoms with Crippen molar-refractivity contribution >= 4 is 27.5 Å². The van der Waals surface area contributed by atoms with Crippen LogP contribution in [0.15, 0.2) is 22.7 Å². The molecule has 0 aliphatic carbocycles. The van der Waals surface area contributed by atoms with Crippen molar-refractivity contribution in [2.75, 3.05) is 19.6 Å². The highest BCUT2D eigenvalue weighted by Crippen LogP contribution is 2.22. The van der Waals surface area contributed by atoms with E-state index in [4.69, 9.17) is 11.6 Å². The van der Waals surface area contributed by atoms with Crippen molar-refractivity contribution in [2.45, 2.75) is 19.5 Å². The van der Waals surface area contributed by atoms with Gasteiger partial charge in [0.25, 0.3) is 0 Å². The molecule has 1 unspecified atom stereocenters. The molecule has 0 radical (unpaired) electrons. The van der Waals surface area contributed by atoms with Crippen LogP contribution in [0.1, 0.15) is 12.5 Å². The molecular weight excluding hydrogens is 288 g/mol. The summed E-state index contributed by atoms with van der Waals surface area (Å²) in [6.45, 7) is 6.45. The predicted octanol–water partition coefficient (Wildman–Crippen LogP) is 2.90. The summed E-state index contributed by atoms with van der Waals surface area (Å²) in [7, 11) is 0. The molecule has 1 aromatic carbocycles. The number of hydrogen-bond donors (Lipinski definition) is 1. The van der Waals surface area contributed by atoms with E-state index in [0.717, 1.165) is 35.7 Å². The highest BCUT2D eigenvalue weighted by Gasteiger charge is 2.16. The van der Waals surface area contributed by atoms with Crippen LogP contribution in [-0.2, 0) is 6.54 Å². The molecule has 0 saturated carbocycles. The van der Waals surface area contributed by atoms with Gasteiger partial charge in [0, 0.05) is 41.7 Å². The Morgan fingerprint density at radius 1 is 1.56 bits per heavy atom. The molecule has 0 bridgehead atoms. The topological polar surface area (TPSA) is 15.3 Å². The summed E-state index contributed by atoms with van der Waals surface area (Å²) in [5, 5.41) is 4.25. The summed E-state index contributed by atoms with van der Waals surface area (Å²) in [6, 6.07) is 6.55. The minimum absolute atomic E-state index is 0.576. The Morgan fingerprint density at radius 3 is 3.12 bits per heavy atom. The maximum Gasteiger partial charge on any atom is 0.0410 e. The smallest absolute Gasteiger partial charge is 0.0410 e. The third-order valence-corrected chi connectivity index (χ3v) is 3.86. The van der Waals surface area contributed by atoms with E-state index >= 15 is 0 Å². The first-order valence-electron chi connectivity index (χ1n) is 5.55. The van der Waals surface area contributed by atoms with Gasteiger partial charge in [-0.2, -0.15) is 0 Å². The first-order chi connectivity index (χ1) is 7.65. The molecule has 2 nitrogen and oxygen atoms in total. The highest BCUT2D eigenvalue weighted by atomic mass is 79.9. The summed E-state index contributed by atoms with van der Waals surface area (Å²) in [5.41, 5.74) is 1.27. The van der Waals surface area contributed by atoms with Gasteiger partial charge >= 0.3 is 0 Å². The first-order valence-corrected chi connectivity index (χ1v) is 6.72. The Bertz CT molecular complexity index is 370. The largest absolute Gasteiger partial charge is 0.312 e. The zero-order valence-corrected chi connectivity index (χ0v) is 11.7. The molecule has 1 heterocycles. The number of nitrogens with zero attached hydrogens (tertiary/aromatic N) is 1. The van der Waals surface area contributed by atoms with E-state index in [2.05, 4.69) is 33.1 Å². The Balaban J connectivity index is 2.05. The number of nitrogens with one attached hydrogen (secondary N) is 1. The Morgan fingerprint density at radius 2 is 2.38 bits per heavy atom. The molecule has 4 heteroatoms. The molecular formula is C12H16BrClN2. The molecule has 16 heavy (non-hydrogen) atoms. The molecule has 1 N–H and O–H groups in total. The molecule has 1 saturated heterocycles. The van der Waals surface area contributed by atoms with E-state index < -0.39 is 0 Å². The van der Waals surface area contributed by atoms with Gasteiger partial charge in [-0.15, -0.1) is 0 Å². The zero-order chi connectivity index (χ0) is 11.5. The normalized spacial score (nSPS) is 22.3. The predicted molar refractivity (Wildman–Crippen MR) is 71.9 cm³/mol. The van der Waals surface area contributed by atoms with Gasteiger partial charge in [0.2, 0.25) is 0 Å². The lowest BCUT2D eigenvalue weighted by Gasteiger charge is -2.32. The third-order valence-electron chi connectivity index (χ3n) is 2.85. The summed E-state index contributed by atoms with van der Waals surface area (Å²) in [6.07, 6.45) is 0. The molecule has 1 aliphatic heterocycles. The van der Waals surface area contributed by atoms with E-state index in [1.807, 2.05) is 18.2 Å². The fraction of sp³-hybridized carbons (Fsp3) is 0.500. The van der Waals surface area contributed by atoms with Crippen LogP contribution in [0.5, 0.6) is 0 Å². The zero-order valence-electron chi connectivity index (χ0n) is 9.34. The molecule has 0 spiro atoms. The fourth-order valence-corrected chi connectivity index (χ4v) is 2.63. The molecule has 1 aromatic rings. The molecule has 1 fully saturated rings. The molecule has 0 amide bonds. The minimum atomic E-state index is 0.576.